The summed E-state index contributed by atoms with van der Waals surface area (Å²) in [6.45, 7) is 5.46. The lowest BCUT2D eigenvalue weighted by molar-refractivity contribution is -0.149. The molecule has 0 saturated carbocycles. The molecule has 1 spiro atoms. The largest absolute Gasteiger partial charge is 0.466 e. The molecule has 30 heavy (non-hydrogen) atoms. The lowest BCUT2D eigenvalue weighted by Gasteiger charge is -2.51. The number of para-hydroxylation sites is 1. The molecule has 0 aromatic heterocycles. The van der Waals surface area contributed by atoms with E-state index < -0.39 is 0 Å². The van der Waals surface area contributed by atoms with Gasteiger partial charge in [-0.25, -0.2) is 5.01 Å². The van der Waals surface area contributed by atoms with Gasteiger partial charge in [0.15, 0.2) is 0 Å². The normalized spacial score (nSPS) is 22.5. The summed E-state index contributed by atoms with van der Waals surface area (Å²) in [6.07, 6.45) is 2.90. The van der Waals surface area contributed by atoms with Crippen molar-refractivity contribution < 1.29 is 4.74 Å². The van der Waals surface area contributed by atoms with Gasteiger partial charge in [-0.05, 0) is 35.0 Å². The fourth-order valence-corrected chi connectivity index (χ4v) is 5.32. The Kier molecular flexibility index (Phi) is 4.10. The molecule has 3 heterocycles. The van der Waals surface area contributed by atoms with Gasteiger partial charge in [0.1, 0.15) is 5.75 Å². The summed E-state index contributed by atoms with van der Waals surface area (Å²) in [5.41, 5.74) is 3.33. The van der Waals surface area contributed by atoms with Crippen molar-refractivity contribution in [3.8, 4) is 5.75 Å². The lowest BCUT2D eigenvalue weighted by atomic mass is 9.90. The minimum Gasteiger partial charge on any atom is -0.466 e. The number of benzene rings is 3. The van der Waals surface area contributed by atoms with Crippen LogP contribution in [0.1, 0.15) is 43.4 Å². The van der Waals surface area contributed by atoms with Crippen LogP contribution >= 0.6 is 0 Å². The Balaban J connectivity index is 1.41. The van der Waals surface area contributed by atoms with Crippen LogP contribution in [0.5, 0.6) is 5.75 Å². The molecule has 4 nitrogen and oxygen atoms in total. The average molecular weight is 398 g/mol. The van der Waals surface area contributed by atoms with Crippen molar-refractivity contribution in [3.05, 3.63) is 77.9 Å². The molecule has 0 amide bonds. The van der Waals surface area contributed by atoms with Crippen LogP contribution in [0.25, 0.3) is 10.8 Å². The van der Waals surface area contributed by atoms with E-state index in [0.717, 1.165) is 44.6 Å². The Labute approximate surface area is 177 Å². The van der Waals surface area contributed by atoms with Crippen LogP contribution in [-0.2, 0) is 0 Å². The van der Waals surface area contributed by atoms with Crippen molar-refractivity contribution in [1.29, 1.82) is 0 Å². The van der Waals surface area contributed by atoms with Crippen LogP contribution < -0.4 is 4.74 Å². The molecular formula is C26H27N3O. The van der Waals surface area contributed by atoms with E-state index in [4.69, 9.17) is 9.84 Å². The molecule has 0 bridgehead atoms. The summed E-state index contributed by atoms with van der Waals surface area (Å²) in [6, 6.07) is 24.1. The third-order valence-corrected chi connectivity index (χ3v) is 7.07. The molecule has 3 aliphatic heterocycles. The fourth-order valence-electron chi connectivity index (χ4n) is 5.32. The third-order valence-electron chi connectivity index (χ3n) is 7.07. The molecule has 3 aromatic carbocycles. The number of likely N-dealkylation sites (tertiary alicyclic amines) is 1. The van der Waals surface area contributed by atoms with Gasteiger partial charge in [-0.1, -0.05) is 61.5 Å². The molecule has 6 rings (SSSR count). The summed E-state index contributed by atoms with van der Waals surface area (Å²) < 4.78 is 6.71. The molecule has 1 atom stereocenters. The van der Waals surface area contributed by atoms with E-state index in [1.54, 1.807) is 0 Å². The maximum absolute atomic E-state index is 6.71. The van der Waals surface area contributed by atoms with Crippen LogP contribution in [0, 0.1) is 0 Å². The van der Waals surface area contributed by atoms with E-state index in [1.807, 2.05) is 0 Å². The van der Waals surface area contributed by atoms with E-state index in [1.165, 1.54) is 27.6 Å². The highest BCUT2D eigenvalue weighted by molar-refractivity contribution is 6.04. The summed E-state index contributed by atoms with van der Waals surface area (Å²) in [4.78, 5) is 2.51. The molecule has 0 radical (unpaired) electrons. The second-order valence-corrected chi connectivity index (χ2v) is 8.69. The zero-order valence-corrected chi connectivity index (χ0v) is 17.4. The predicted molar refractivity (Wildman–Crippen MR) is 121 cm³/mol. The summed E-state index contributed by atoms with van der Waals surface area (Å²) >= 11 is 0. The van der Waals surface area contributed by atoms with Gasteiger partial charge in [0, 0.05) is 37.9 Å². The zero-order chi connectivity index (χ0) is 20.1. The quantitative estimate of drug-likeness (QED) is 0.595. The van der Waals surface area contributed by atoms with Gasteiger partial charge in [-0.3, -0.25) is 0 Å². The smallest absolute Gasteiger partial charge is 0.200 e. The second-order valence-electron chi connectivity index (χ2n) is 8.69. The number of fused-ring (bicyclic) bond motifs is 5. The highest BCUT2D eigenvalue weighted by Crippen LogP contribution is 2.49. The van der Waals surface area contributed by atoms with E-state index in [0.29, 0.717) is 0 Å². The van der Waals surface area contributed by atoms with Gasteiger partial charge in [-0.15, -0.1) is 0 Å². The molecule has 152 valence electrons. The number of piperidine rings is 1. The van der Waals surface area contributed by atoms with Gasteiger partial charge in [-0.2, -0.15) is 5.10 Å². The van der Waals surface area contributed by atoms with Crippen molar-refractivity contribution in [2.45, 2.75) is 38.0 Å². The van der Waals surface area contributed by atoms with E-state index in [9.17, 15) is 0 Å². The molecule has 3 aliphatic rings. The minimum atomic E-state index is -0.330. The van der Waals surface area contributed by atoms with Crippen molar-refractivity contribution in [2.24, 2.45) is 5.10 Å². The number of nitrogens with zero attached hydrogens (tertiary/aromatic N) is 3. The molecule has 0 aliphatic carbocycles. The predicted octanol–water partition coefficient (Wildman–Crippen LogP) is 5.20. The third kappa shape index (κ3) is 2.74. The monoisotopic (exact) mass is 397 g/mol. The van der Waals surface area contributed by atoms with Gasteiger partial charge in [0.2, 0.25) is 5.72 Å². The Morgan fingerprint density at radius 3 is 2.57 bits per heavy atom. The first-order chi connectivity index (χ1) is 14.8. The zero-order valence-electron chi connectivity index (χ0n) is 17.4. The van der Waals surface area contributed by atoms with E-state index in [2.05, 4.69) is 83.6 Å². The van der Waals surface area contributed by atoms with Gasteiger partial charge < -0.3 is 9.64 Å². The van der Waals surface area contributed by atoms with Crippen LogP contribution in [0.15, 0.2) is 71.8 Å². The van der Waals surface area contributed by atoms with E-state index in [-0.39, 0.29) is 11.8 Å². The molecule has 1 saturated heterocycles. The first-order valence-electron chi connectivity index (χ1n) is 11.1. The van der Waals surface area contributed by atoms with Crippen LogP contribution in [0.2, 0.25) is 0 Å². The SMILES string of the molecule is CCN1CCC2(CC1)Oc1ccccc1[C@@H]1CC(c3ccc4ccccc4c3)=NN12. The number of hydrazone groups is 1. The van der Waals surface area contributed by atoms with Crippen molar-refractivity contribution >= 4 is 16.5 Å². The van der Waals surface area contributed by atoms with Gasteiger partial charge in [0.25, 0.3) is 0 Å². The Bertz CT molecular complexity index is 1130. The second kappa shape index (κ2) is 6.85. The average Bonchev–Trinajstić information content (AvgIpc) is 3.26. The van der Waals surface area contributed by atoms with E-state index >= 15 is 0 Å². The maximum atomic E-state index is 6.71. The molecule has 0 N–H and O–H groups in total. The summed E-state index contributed by atoms with van der Waals surface area (Å²) in [5.74, 6) is 1.04. The highest BCUT2D eigenvalue weighted by atomic mass is 16.5. The number of hydrogen-bond donors (Lipinski definition) is 0. The summed E-state index contributed by atoms with van der Waals surface area (Å²) in [5, 5.41) is 10.1. The van der Waals surface area contributed by atoms with Gasteiger partial charge >= 0.3 is 0 Å². The molecule has 1 fully saturated rings. The molecule has 0 unspecified atom stereocenters. The summed E-state index contributed by atoms with van der Waals surface area (Å²) in [7, 11) is 0. The topological polar surface area (TPSA) is 28.1 Å². The standard InChI is InChI=1S/C26H27N3O/c1-2-28-15-13-26(14-16-28)29-24(22-9-5-6-10-25(22)30-26)18-23(27-29)21-12-11-19-7-3-4-8-20(19)17-21/h3-12,17,24H,2,13-16,18H2,1H3/t24-/m0/s1. The Hall–Kier alpha value is -2.85. The number of rotatable bonds is 2. The fraction of sp³-hybridized carbons (Fsp3) is 0.346. The van der Waals surface area contributed by atoms with Gasteiger partial charge in [0.05, 0.1) is 11.8 Å². The first kappa shape index (κ1) is 18.0. The molecule has 3 aromatic rings. The highest BCUT2D eigenvalue weighted by Gasteiger charge is 2.51. The molecule has 4 heteroatoms. The minimum absolute atomic E-state index is 0.254. The number of ether oxygens (including phenoxy) is 1. The van der Waals surface area contributed by atoms with Crippen LogP contribution in [0.4, 0.5) is 0 Å². The first-order valence-corrected chi connectivity index (χ1v) is 11.1. The van der Waals surface area contributed by atoms with Crippen LogP contribution in [0.3, 0.4) is 0 Å². The Morgan fingerprint density at radius 2 is 1.73 bits per heavy atom. The lowest BCUT2D eigenvalue weighted by Crippen LogP contribution is -2.59. The van der Waals surface area contributed by atoms with Crippen LogP contribution in [-0.4, -0.2) is 41.0 Å². The molecular weight excluding hydrogens is 370 g/mol. The number of hydrogen-bond acceptors (Lipinski definition) is 4. The Morgan fingerprint density at radius 1 is 0.967 bits per heavy atom. The maximum Gasteiger partial charge on any atom is 0.200 e. The van der Waals surface area contributed by atoms with Crippen molar-refractivity contribution in [1.82, 2.24) is 9.91 Å². The van der Waals surface area contributed by atoms with Crippen molar-refractivity contribution in [3.63, 3.8) is 0 Å². The van der Waals surface area contributed by atoms with Crippen molar-refractivity contribution in [2.75, 3.05) is 19.6 Å².